The van der Waals surface area contributed by atoms with E-state index in [1.54, 1.807) is 11.1 Å². The lowest BCUT2D eigenvalue weighted by atomic mass is 10.2. The van der Waals surface area contributed by atoms with Crippen LogP contribution in [0.25, 0.3) is 0 Å². The van der Waals surface area contributed by atoms with Crippen LogP contribution in [0.1, 0.15) is 12.1 Å². The Morgan fingerprint density at radius 3 is 2.40 bits per heavy atom. The number of hydrogen-bond donors (Lipinski definition) is 0. The molecule has 0 saturated carbocycles. The zero-order valence-corrected chi connectivity index (χ0v) is 14.7. The van der Waals surface area contributed by atoms with Gasteiger partial charge in [-0.05, 0) is 24.3 Å². The zero-order chi connectivity index (χ0) is 17.5. The first-order chi connectivity index (χ1) is 12.2. The van der Waals surface area contributed by atoms with Gasteiger partial charge in [0.15, 0.2) is 0 Å². The molecule has 3 rings (SSSR count). The van der Waals surface area contributed by atoms with E-state index in [0.717, 1.165) is 44.2 Å². The summed E-state index contributed by atoms with van der Waals surface area (Å²) in [6.07, 6.45) is 4.14. The molecule has 0 N–H and O–H groups in total. The van der Waals surface area contributed by atoms with Crippen LogP contribution in [0, 0.1) is 0 Å². The van der Waals surface area contributed by atoms with Crippen LogP contribution in [0.3, 0.4) is 0 Å². The number of amides is 1. The van der Waals surface area contributed by atoms with Crippen LogP contribution in [0.15, 0.2) is 48.8 Å². The molecule has 6 heteroatoms. The predicted octanol–water partition coefficient (Wildman–Crippen LogP) is 1.65. The molecule has 25 heavy (non-hydrogen) atoms. The number of hydrogen-bond acceptors (Lipinski definition) is 5. The fourth-order valence-electron chi connectivity index (χ4n) is 3.01. The number of anilines is 1. The summed E-state index contributed by atoms with van der Waals surface area (Å²) in [5.74, 6) is 1.20. The summed E-state index contributed by atoms with van der Waals surface area (Å²) < 4.78 is 0. The lowest BCUT2D eigenvalue weighted by molar-refractivity contribution is -0.130. The average molecular weight is 339 g/mol. The Hall–Kier alpha value is -2.47. The molecular formula is C19H25N5O. The molecule has 0 spiro atoms. The van der Waals surface area contributed by atoms with Crippen LogP contribution >= 0.6 is 0 Å². The molecule has 2 aromatic rings. The van der Waals surface area contributed by atoms with Crippen molar-refractivity contribution in [3.8, 4) is 0 Å². The molecule has 0 aromatic carbocycles. The van der Waals surface area contributed by atoms with E-state index < -0.39 is 0 Å². The molecule has 1 aliphatic rings. The van der Waals surface area contributed by atoms with Gasteiger partial charge in [0.1, 0.15) is 5.82 Å². The van der Waals surface area contributed by atoms with E-state index >= 15 is 0 Å². The molecule has 1 saturated heterocycles. The van der Waals surface area contributed by atoms with Gasteiger partial charge in [0.2, 0.25) is 5.91 Å². The molecule has 3 heterocycles. The first kappa shape index (κ1) is 17.4. The third-order valence-corrected chi connectivity index (χ3v) is 4.54. The minimum atomic E-state index is 0.165. The highest BCUT2D eigenvalue weighted by molar-refractivity contribution is 5.76. The molecule has 0 bridgehead atoms. The molecule has 2 aromatic heterocycles. The van der Waals surface area contributed by atoms with Gasteiger partial charge >= 0.3 is 0 Å². The topological polar surface area (TPSA) is 52.6 Å². The van der Waals surface area contributed by atoms with Gasteiger partial charge < -0.3 is 9.80 Å². The maximum absolute atomic E-state index is 12.3. The highest BCUT2D eigenvalue weighted by atomic mass is 16.2. The van der Waals surface area contributed by atoms with Crippen molar-refractivity contribution in [1.29, 1.82) is 0 Å². The quantitative estimate of drug-likeness (QED) is 0.801. The number of carbonyl (C=O) groups excluding carboxylic acids is 1. The van der Waals surface area contributed by atoms with Crippen molar-refractivity contribution in [3.05, 3.63) is 54.5 Å². The van der Waals surface area contributed by atoms with Crippen LogP contribution < -0.4 is 4.90 Å². The molecule has 1 aliphatic heterocycles. The van der Waals surface area contributed by atoms with Crippen LogP contribution in [0.2, 0.25) is 0 Å². The minimum Gasteiger partial charge on any atom is -0.354 e. The SMILES string of the molecule is CN(Cc1ccccn1)C(=O)CCN1CCN(c2ccccn2)CC1. The van der Waals surface area contributed by atoms with Gasteiger partial charge in [-0.15, -0.1) is 0 Å². The van der Waals surface area contributed by atoms with Gasteiger partial charge in [-0.2, -0.15) is 0 Å². The molecule has 6 nitrogen and oxygen atoms in total. The van der Waals surface area contributed by atoms with Crippen molar-refractivity contribution in [2.45, 2.75) is 13.0 Å². The minimum absolute atomic E-state index is 0.165. The van der Waals surface area contributed by atoms with Crippen molar-refractivity contribution in [3.63, 3.8) is 0 Å². The predicted molar refractivity (Wildman–Crippen MR) is 98.2 cm³/mol. The fourth-order valence-corrected chi connectivity index (χ4v) is 3.01. The van der Waals surface area contributed by atoms with Gasteiger partial charge in [0.05, 0.1) is 12.2 Å². The van der Waals surface area contributed by atoms with Gasteiger partial charge in [0.25, 0.3) is 0 Å². The summed E-state index contributed by atoms with van der Waals surface area (Å²) in [5.41, 5.74) is 0.919. The summed E-state index contributed by atoms with van der Waals surface area (Å²) in [4.78, 5) is 27.4. The highest BCUT2D eigenvalue weighted by Gasteiger charge is 2.19. The van der Waals surface area contributed by atoms with Crippen molar-refractivity contribution in [1.82, 2.24) is 19.8 Å². The van der Waals surface area contributed by atoms with Crippen molar-refractivity contribution >= 4 is 11.7 Å². The fraction of sp³-hybridized carbons (Fsp3) is 0.421. The van der Waals surface area contributed by atoms with Crippen LogP contribution in [-0.2, 0) is 11.3 Å². The third-order valence-electron chi connectivity index (χ3n) is 4.54. The number of piperazine rings is 1. The summed E-state index contributed by atoms with van der Waals surface area (Å²) >= 11 is 0. The molecule has 1 amide bonds. The Morgan fingerprint density at radius 1 is 1.04 bits per heavy atom. The Labute approximate surface area is 149 Å². The summed E-state index contributed by atoms with van der Waals surface area (Å²) in [7, 11) is 1.84. The highest BCUT2D eigenvalue weighted by Crippen LogP contribution is 2.12. The van der Waals surface area contributed by atoms with Gasteiger partial charge in [-0.3, -0.25) is 14.7 Å². The molecular weight excluding hydrogens is 314 g/mol. The lowest BCUT2D eigenvalue weighted by Crippen LogP contribution is -2.47. The summed E-state index contributed by atoms with van der Waals surface area (Å²) in [5, 5.41) is 0. The maximum Gasteiger partial charge on any atom is 0.223 e. The third kappa shape index (κ3) is 5.00. The maximum atomic E-state index is 12.3. The second-order valence-electron chi connectivity index (χ2n) is 6.34. The molecule has 0 unspecified atom stereocenters. The van der Waals surface area contributed by atoms with E-state index in [2.05, 4.69) is 19.8 Å². The van der Waals surface area contributed by atoms with E-state index in [1.165, 1.54) is 0 Å². The molecule has 1 fully saturated rings. The van der Waals surface area contributed by atoms with E-state index in [0.29, 0.717) is 13.0 Å². The van der Waals surface area contributed by atoms with E-state index in [4.69, 9.17) is 0 Å². The zero-order valence-electron chi connectivity index (χ0n) is 14.7. The Balaban J connectivity index is 1.40. The normalized spacial score (nSPS) is 15.2. The largest absolute Gasteiger partial charge is 0.354 e. The Bertz CT molecular complexity index is 656. The van der Waals surface area contributed by atoms with Gasteiger partial charge in [-0.25, -0.2) is 4.98 Å². The van der Waals surface area contributed by atoms with Gasteiger partial charge in [0, 0.05) is 58.6 Å². The molecule has 0 aliphatic carbocycles. The van der Waals surface area contributed by atoms with Crippen LogP contribution in [0.5, 0.6) is 0 Å². The lowest BCUT2D eigenvalue weighted by Gasteiger charge is -2.35. The Morgan fingerprint density at radius 2 is 1.76 bits per heavy atom. The van der Waals surface area contributed by atoms with Crippen LogP contribution in [0.4, 0.5) is 5.82 Å². The summed E-state index contributed by atoms with van der Waals surface area (Å²) in [6, 6.07) is 11.8. The van der Waals surface area contributed by atoms with Crippen molar-refractivity contribution < 1.29 is 4.79 Å². The van der Waals surface area contributed by atoms with Gasteiger partial charge in [-0.1, -0.05) is 12.1 Å². The first-order valence-electron chi connectivity index (χ1n) is 8.74. The smallest absolute Gasteiger partial charge is 0.223 e. The van der Waals surface area contributed by atoms with Crippen LogP contribution in [-0.4, -0.2) is 65.4 Å². The van der Waals surface area contributed by atoms with E-state index in [-0.39, 0.29) is 5.91 Å². The second-order valence-corrected chi connectivity index (χ2v) is 6.34. The Kier molecular flexibility index (Phi) is 5.95. The molecule has 0 atom stereocenters. The van der Waals surface area contributed by atoms with E-state index in [1.807, 2.05) is 49.6 Å². The monoisotopic (exact) mass is 339 g/mol. The standard InChI is InChI=1S/C19H25N5O/c1-22(16-17-6-2-4-9-20-17)19(25)8-11-23-12-14-24(15-13-23)18-7-3-5-10-21-18/h2-7,9-10H,8,11-16H2,1H3. The number of nitrogens with zero attached hydrogens (tertiary/aromatic N) is 5. The number of rotatable bonds is 6. The van der Waals surface area contributed by atoms with E-state index in [9.17, 15) is 4.79 Å². The first-order valence-corrected chi connectivity index (χ1v) is 8.74. The number of carbonyl (C=O) groups is 1. The number of pyridine rings is 2. The molecule has 132 valence electrons. The average Bonchev–Trinajstić information content (AvgIpc) is 2.68. The number of aromatic nitrogens is 2. The van der Waals surface area contributed by atoms with Crippen molar-refractivity contribution in [2.75, 3.05) is 44.7 Å². The second kappa shape index (κ2) is 8.58. The molecule has 0 radical (unpaired) electrons. The van der Waals surface area contributed by atoms with Crippen molar-refractivity contribution in [2.24, 2.45) is 0 Å². The summed E-state index contributed by atoms with van der Waals surface area (Å²) in [6.45, 7) is 5.21.